The van der Waals surface area contributed by atoms with Gasteiger partial charge in [-0.3, -0.25) is 5.10 Å². The van der Waals surface area contributed by atoms with E-state index in [-0.39, 0.29) is 12.0 Å². The summed E-state index contributed by atoms with van der Waals surface area (Å²) in [6.45, 7) is 0. The number of benzene rings is 3. The Labute approximate surface area is 182 Å². The van der Waals surface area contributed by atoms with Gasteiger partial charge in [0.1, 0.15) is 11.9 Å². The quantitative estimate of drug-likeness (QED) is 0.363. The van der Waals surface area contributed by atoms with Crippen LogP contribution >= 0.6 is 11.3 Å². The van der Waals surface area contributed by atoms with Gasteiger partial charge in [-0.05, 0) is 24.3 Å². The number of hydrogen-bond donors (Lipinski definition) is 1. The smallest absolute Gasteiger partial charge is 0.178 e. The van der Waals surface area contributed by atoms with Gasteiger partial charge < -0.3 is 4.74 Å². The van der Waals surface area contributed by atoms with Crippen LogP contribution in [0.3, 0.4) is 0 Å². The van der Waals surface area contributed by atoms with Crippen LogP contribution in [0.5, 0.6) is 5.75 Å². The van der Waals surface area contributed by atoms with E-state index in [9.17, 15) is 0 Å². The molecule has 3 heterocycles. The lowest BCUT2D eigenvalue weighted by Gasteiger charge is -2.20. The lowest BCUT2D eigenvalue weighted by Crippen LogP contribution is -2.19. The molecule has 0 saturated carbocycles. The molecule has 2 unspecified atom stereocenters. The van der Waals surface area contributed by atoms with Crippen molar-refractivity contribution in [3.05, 3.63) is 96.3 Å². The van der Waals surface area contributed by atoms with Crippen molar-refractivity contribution in [1.29, 1.82) is 0 Å². The molecule has 0 bridgehead atoms. The zero-order valence-corrected chi connectivity index (χ0v) is 17.3. The van der Waals surface area contributed by atoms with Gasteiger partial charge in [0.25, 0.3) is 0 Å². The Morgan fingerprint density at radius 2 is 1.77 bits per heavy atom. The third kappa shape index (κ3) is 2.47. The van der Waals surface area contributed by atoms with Crippen LogP contribution < -0.4 is 4.74 Å². The molecule has 0 spiro atoms. The Morgan fingerprint density at radius 3 is 2.77 bits per heavy atom. The van der Waals surface area contributed by atoms with Crippen LogP contribution in [0.15, 0.2) is 85.0 Å². The van der Waals surface area contributed by atoms with E-state index >= 15 is 0 Å². The largest absolute Gasteiger partial charge is 0.485 e. The highest BCUT2D eigenvalue weighted by Gasteiger charge is 2.38. The molecular weight excluding hydrogens is 402 g/mol. The fourth-order valence-corrected chi connectivity index (χ4v) is 5.93. The van der Waals surface area contributed by atoms with E-state index in [1.54, 1.807) is 0 Å². The summed E-state index contributed by atoms with van der Waals surface area (Å²) >= 11 is 1.81. The third-order valence-electron chi connectivity index (χ3n) is 6.16. The van der Waals surface area contributed by atoms with Crippen LogP contribution in [0, 0.1) is 0 Å². The maximum atomic E-state index is 6.16. The molecule has 5 heteroatoms. The average Bonchev–Trinajstić information content (AvgIpc) is 3.53. The molecule has 1 N–H and O–H groups in total. The summed E-state index contributed by atoms with van der Waals surface area (Å²) in [7, 11) is 0. The van der Waals surface area contributed by atoms with Crippen LogP contribution in [0.25, 0.3) is 37.1 Å². The van der Waals surface area contributed by atoms with Gasteiger partial charge in [0.15, 0.2) is 11.6 Å². The van der Waals surface area contributed by atoms with Crippen LogP contribution in [0.4, 0.5) is 0 Å². The summed E-state index contributed by atoms with van der Waals surface area (Å²) in [6, 6.07) is 23.2. The second kappa shape index (κ2) is 6.40. The molecule has 2 atom stereocenters. The van der Waals surface area contributed by atoms with E-state index in [1.165, 1.54) is 25.7 Å². The number of aromatic nitrogens is 3. The van der Waals surface area contributed by atoms with Crippen molar-refractivity contribution in [1.82, 2.24) is 15.2 Å². The number of nitrogens with one attached hydrogen (secondary N) is 1. The van der Waals surface area contributed by atoms with E-state index in [4.69, 9.17) is 9.72 Å². The number of aromatic amines is 1. The Morgan fingerprint density at radius 1 is 0.903 bits per heavy atom. The molecule has 0 radical (unpaired) electrons. The van der Waals surface area contributed by atoms with Crippen molar-refractivity contribution in [3.8, 4) is 17.1 Å². The minimum Gasteiger partial charge on any atom is -0.485 e. The van der Waals surface area contributed by atoms with E-state index in [0.717, 1.165) is 28.5 Å². The van der Waals surface area contributed by atoms with Gasteiger partial charge in [0, 0.05) is 36.9 Å². The molecule has 3 aromatic carbocycles. The molecule has 1 aliphatic heterocycles. The first-order valence-electron chi connectivity index (χ1n) is 10.3. The van der Waals surface area contributed by atoms with Crippen molar-refractivity contribution in [2.24, 2.45) is 0 Å². The SMILES string of the molecule is C1=CC2Oc3ccccc3C2C(c2n[nH]c(-c3cccc4sc5ccccc5c34)n2)=C1. The number of ether oxygens (including phenoxy) is 1. The van der Waals surface area contributed by atoms with Gasteiger partial charge in [-0.25, -0.2) is 4.98 Å². The number of rotatable bonds is 2. The number of nitrogens with zero attached hydrogens (tertiary/aromatic N) is 2. The summed E-state index contributed by atoms with van der Waals surface area (Å²) in [5, 5.41) is 10.3. The van der Waals surface area contributed by atoms with Crippen molar-refractivity contribution in [2.75, 3.05) is 0 Å². The highest BCUT2D eigenvalue weighted by Crippen LogP contribution is 2.47. The highest BCUT2D eigenvalue weighted by molar-refractivity contribution is 7.25. The molecule has 4 nitrogen and oxygen atoms in total. The molecule has 5 aromatic rings. The number of allylic oxidation sites excluding steroid dienone is 2. The second-order valence-corrected chi connectivity index (χ2v) is 8.97. The molecule has 148 valence electrons. The normalized spacial score (nSPS) is 19.3. The van der Waals surface area contributed by atoms with Gasteiger partial charge in [-0.1, -0.05) is 60.7 Å². The summed E-state index contributed by atoms with van der Waals surface area (Å²) in [4.78, 5) is 4.95. The standard InChI is InChI=1S/C26H17N3OS/c1-3-11-19-15(7-1)23-17(9-5-12-20(23)30-19)25-27-26(29-28-25)18-10-6-14-22-24(18)16-8-2-4-13-21(16)31-22/h1-14,20,23H,(H,27,28,29). The summed E-state index contributed by atoms with van der Waals surface area (Å²) in [5.41, 5.74) is 3.36. The van der Waals surface area contributed by atoms with Crippen molar-refractivity contribution < 1.29 is 4.74 Å². The molecule has 0 saturated heterocycles. The first-order valence-corrected chi connectivity index (χ1v) is 11.2. The van der Waals surface area contributed by atoms with E-state index in [2.05, 4.69) is 76.9 Å². The molecule has 31 heavy (non-hydrogen) atoms. The molecular formula is C26H17N3OS. The lowest BCUT2D eigenvalue weighted by atomic mass is 9.84. The number of para-hydroxylation sites is 1. The Kier molecular flexibility index (Phi) is 3.51. The third-order valence-corrected chi connectivity index (χ3v) is 7.29. The zero-order chi connectivity index (χ0) is 20.4. The number of hydrogen-bond acceptors (Lipinski definition) is 4. The highest BCUT2D eigenvalue weighted by atomic mass is 32.1. The predicted molar refractivity (Wildman–Crippen MR) is 125 cm³/mol. The van der Waals surface area contributed by atoms with Gasteiger partial charge in [-0.2, -0.15) is 5.10 Å². The van der Waals surface area contributed by atoms with Gasteiger partial charge in [0.2, 0.25) is 0 Å². The van der Waals surface area contributed by atoms with Gasteiger partial charge in [0.05, 0.1) is 5.92 Å². The second-order valence-electron chi connectivity index (χ2n) is 7.89. The number of fused-ring (bicyclic) bond motifs is 6. The average molecular weight is 420 g/mol. The summed E-state index contributed by atoms with van der Waals surface area (Å²) < 4.78 is 8.70. The molecule has 2 aromatic heterocycles. The maximum Gasteiger partial charge on any atom is 0.178 e. The van der Waals surface area contributed by atoms with E-state index in [1.807, 2.05) is 29.5 Å². The first kappa shape index (κ1) is 17.0. The molecule has 0 fully saturated rings. The molecule has 7 rings (SSSR count). The number of H-pyrrole nitrogens is 1. The van der Waals surface area contributed by atoms with Crippen LogP contribution in [0.1, 0.15) is 17.3 Å². The van der Waals surface area contributed by atoms with E-state index < -0.39 is 0 Å². The van der Waals surface area contributed by atoms with Crippen molar-refractivity contribution in [3.63, 3.8) is 0 Å². The molecule has 1 aliphatic carbocycles. The monoisotopic (exact) mass is 419 g/mol. The summed E-state index contributed by atoms with van der Waals surface area (Å²) in [5.74, 6) is 2.58. The van der Waals surface area contributed by atoms with Crippen molar-refractivity contribution in [2.45, 2.75) is 12.0 Å². The zero-order valence-electron chi connectivity index (χ0n) is 16.4. The Bertz CT molecular complexity index is 1540. The minimum absolute atomic E-state index is 0.0106. The first-order chi connectivity index (χ1) is 15.4. The van der Waals surface area contributed by atoms with Crippen LogP contribution in [-0.4, -0.2) is 21.3 Å². The molecule has 0 amide bonds. The Hall–Kier alpha value is -3.70. The minimum atomic E-state index is -0.0106. The number of thiophene rings is 1. The van der Waals surface area contributed by atoms with Crippen molar-refractivity contribution >= 4 is 37.1 Å². The topological polar surface area (TPSA) is 50.8 Å². The fourth-order valence-electron chi connectivity index (χ4n) is 4.80. The predicted octanol–water partition coefficient (Wildman–Crippen LogP) is 6.34. The van der Waals surface area contributed by atoms with E-state index in [0.29, 0.717) is 0 Å². The fraction of sp³-hybridized carbons (Fsp3) is 0.0769. The van der Waals surface area contributed by atoms with Crippen LogP contribution in [-0.2, 0) is 0 Å². The van der Waals surface area contributed by atoms with Gasteiger partial charge >= 0.3 is 0 Å². The van der Waals surface area contributed by atoms with Gasteiger partial charge in [-0.15, -0.1) is 11.3 Å². The maximum absolute atomic E-state index is 6.16. The lowest BCUT2D eigenvalue weighted by molar-refractivity contribution is 0.271. The van der Waals surface area contributed by atoms with Crippen LogP contribution in [0.2, 0.25) is 0 Å². The summed E-state index contributed by atoms with van der Waals surface area (Å²) in [6.07, 6.45) is 6.26. The Balaban J connectivity index is 1.36. The molecule has 2 aliphatic rings.